The molecular weight excluding hydrogens is 318 g/mol. The predicted molar refractivity (Wildman–Crippen MR) is 106 cm³/mol. The molecule has 3 aromatic carbocycles. The molecular formula is C24H23NO. The Kier molecular flexibility index (Phi) is 4.68. The summed E-state index contributed by atoms with van der Waals surface area (Å²) in [5, 5.41) is 0. The molecule has 0 aromatic heterocycles. The summed E-state index contributed by atoms with van der Waals surface area (Å²) in [4.78, 5) is 15.5. The summed E-state index contributed by atoms with van der Waals surface area (Å²) >= 11 is 0. The third-order valence-corrected chi connectivity index (χ3v) is 5.37. The molecule has 1 fully saturated rings. The molecule has 0 bridgehead atoms. The van der Waals surface area contributed by atoms with Crippen LogP contribution in [-0.2, 0) is 0 Å². The van der Waals surface area contributed by atoms with E-state index in [1.54, 1.807) is 0 Å². The Hall–Kier alpha value is -2.71. The largest absolute Gasteiger partial charge is 0.295 e. The fourth-order valence-corrected chi connectivity index (χ4v) is 3.90. The lowest BCUT2D eigenvalue weighted by atomic mass is 9.78. The van der Waals surface area contributed by atoms with E-state index in [4.69, 9.17) is 0 Å². The van der Waals surface area contributed by atoms with Gasteiger partial charge < -0.3 is 0 Å². The van der Waals surface area contributed by atoms with Crippen molar-refractivity contribution in [3.63, 3.8) is 0 Å². The lowest BCUT2D eigenvalue weighted by Crippen LogP contribution is -2.52. The highest BCUT2D eigenvalue weighted by molar-refractivity contribution is 5.99. The van der Waals surface area contributed by atoms with Crippen LogP contribution in [-0.4, -0.2) is 23.8 Å². The molecule has 0 amide bonds. The molecule has 1 heterocycles. The van der Waals surface area contributed by atoms with Crippen molar-refractivity contribution in [3.8, 4) is 11.1 Å². The van der Waals surface area contributed by atoms with E-state index in [2.05, 4.69) is 60.4 Å². The quantitative estimate of drug-likeness (QED) is 0.592. The number of rotatable bonds is 5. The minimum atomic E-state index is 0.0416. The maximum Gasteiger partial charge on any atom is 0.169 e. The van der Waals surface area contributed by atoms with E-state index in [1.807, 2.05) is 36.4 Å². The van der Waals surface area contributed by atoms with E-state index in [9.17, 15) is 4.79 Å². The Morgan fingerprint density at radius 1 is 0.846 bits per heavy atom. The first-order chi connectivity index (χ1) is 12.8. The normalized spacial score (nSPS) is 19.7. The van der Waals surface area contributed by atoms with Gasteiger partial charge in [-0.15, -0.1) is 0 Å². The zero-order chi connectivity index (χ0) is 17.9. The second kappa shape index (κ2) is 7.27. The standard InChI is InChI=1S/C24H23NO/c1-2-25-17-22(23(25)20-11-7-4-8-12-20)24(26)21-15-13-19(14-16-21)18-9-5-3-6-10-18/h3-16,22-23H,2,17H2,1H3/t22-,23-/m0/s1. The van der Waals surface area contributed by atoms with Gasteiger partial charge in [-0.25, -0.2) is 0 Å². The number of carbonyl (C=O) groups is 1. The number of nitrogens with zero attached hydrogens (tertiary/aromatic N) is 1. The Bertz CT molecular complexity index is 871. The number of carbonyl (C=O) groups excluding carboxylic acids is 1. The molecule has 0 aliphatic carbocycles. The first kappa shape index (κ1) is 16.7. The summed E-state index contributed by atoms with van der Waals surface area (Å²) in [5.41, 5.74) is 4.37. The molecule has 0 N–H and O–H groups in total. The maximum absolute atomic E-state index is 13.1. The molecule has 26 heavy (non-hydrogen) atoms. The highest BCUT2D eigenvalue weighted by atomic mass is 16.1. The smallest absolute Gasteiger partial charge is 0.169 e. The third-order valence-electron chi connectivity index (χ3n) is 5.37. The van der Waals surface area contributed by atoms with Gasteiger partial charge in [-0.05, 0) is 23.2 Å². The Morgan fingerprint density at radius 2 is 1.42 bits per heavy atom. The van der Waals surface area contributed by atoms with Gasteiger partial charge in [0.05, 0.1) is 5.92 Å². The second-order valence-corrected chi connectivity index (χ2v) is 6.86. The van der Waals surface area contributed by atoms with Crippen LogP contribution in [0.25, 0.3) is 11.1 Å². The van der Waals surface area contributed by atoms with Crippen LogP contribution in [0, 0.1) is 5.92 Å². The van der Waals surface area contributed by atoms with E-state index in [1.165, 1.54) is 11.1 Å². The fraction of sp³-hybridized carbons (Fsp3) is 0.208. The summed E-state index contributed by atoms with van der Waals surface area (Å²) < 4.78 is 0. The van der Waals surface area contributed by atoms with Crippen molar-refractivity contribution in [3.05, 3.63) is 96.1 Å². The second-order valence-electron chi connectivity index (χ2n) is 6.86. The van der Waals surface area contributed by atoms with E-state index in [0.29, 0.717) is 0 Å². The van der Waals surface area contributed by atoms with Crippen LogP contribution in [0.1, 0.15) is 28.9 Å². The number of Topliss-reactive ketones (excluding diaryl/α,β-unsaturated/α-hetero) is 1. The summed E-state index contributed by atoms with van der Waals surface area (Å²) in [6.45, 7) is 3.97. The molecule has 4 rings (SSSR count). The van der Waals surface area contributed by atoms with Crippen LogP contribution in [0.5, 0.6) is 0 Å². The molecule has 0 radical (unpaired) electrons. The molecule has 0 saturated carbocycles. The van der Waals surface area contributed by atoms with Gasteiger partial charge in [0.15, 0.2) is 5.78 Å². The number of benzene rings is 3. The maximum atomic E-state index is 13.1. The Balaban J connectivity index is 1.56. The summed E-state index contributed by atoms with van der Waals surface area (Å²) in [6, 6.07) is 28.9. The van der Waals surface area contributed by atoms with Gasteiger partial charge >= 0.3 is 0 Å². The Labute approximate surface area is 155 Å². The van der Waals surface area contributed by atoms with Gasteiger partial charge in [0.1, 0.15) is 0 Å². The highest BCUT2D eigenvalue weighted by Crippen LogP contribution is 2.40. The van der Waals surface area contributed by atoms with Gasteiger partial charge in [-0.3, -0.25) is 9.69 Å². The number of hydrogen-bond acceptors (Lipinski definition) is 2. The molecule has 0 spiro atoms. The highest BCUT2D eigenvalue weighted by Gasteiger charge is 2.43. The average Bonchev–Trinajstić information content (AvgIpc) is 2.69. The van der Waals surface area contributed by atoms with Crippen molar-refractivity contribution in [2.24, 2.45) is 5.92 Å². The first-order valence-corrected chi connectivity index (χ1v) is 9.26. The predicted octanol–water partition coefficient (Wildman–Crippen LogP) is 5.23. The first-order valence-electron chi connectivity index (χ1n) is 9.26. The van der Waals surface area contributed by atoms with Gasteiger partial charge in [0, 0.05) is 18.2 Å². The van der Waals surface area contributed by atoms with Crippen molar-refractivity contribution in [1.82, 2.24) is 4.90 Å². The lowest BCUT2D eigenvalue weighted by molar-refractivity contribution is 0.0203. The lowest BCUT2D eigenvalue weighted by Gasteiger charge is -2.47. The van der Waals surface area contributed by atoms with Crippen molar-refractivity contribution in [1.29, 1.82) is 0 Å². The number of ketones is 1. The summed E-state index contributed by atoms with van der Waals surface area (Å²) in [5.74, 6) is 0.295. The number of hydrogen-bond donors (Lipinski definition) is 0. The van der Waals surface area contributed by atoms with Crippen LogP contribution in [0.3, 0.4) is 0 Å². The van der Waals surface area contributed by atoms with E-state index in [-0.39, 0.29) is 17.7 Å². The molecule has 2 heteroatoms. The topological polar surface area (TPSA) is 20.3 Å². The zero-order valence-corrected chi connectivity index (χ0v) is 15.0. The van der Waals surface area contributed by atoms with Crippen LogP contribution >= 0.6 is 0 Å². The van der Waals surface area contributed by atoms with E-state index < -0.39 is 0 Å². The minimum Gasteiger partial charge on any atom is -0.295 e. The summed E-state index contributed by atoms with van der Waals surface area (Å²) in [7, 11) is 0. The molecule has 1 saturated heterocycles. The van der Waals surface area contributed by atoms with Crippen LogP contribution in [0.2, 0.25) is 0 Å². The molecule has 0 unspecified atom stereocenters. The zero-order valence-electron chi connectivity index (χ0n) is 15.0. The van der Waals surface area contributed by atoms with Crippen molar-refractivity contribution < 1.29 is 4.79 Å². The summed E-state index contributed by atoms with van der Waals surface area (Å²) in [6.07, 6.45) is 0. The van der Waals surface area contributed by atoms with Gasteiger partial charge in [0.25, 0.3) is 0 Å². The van der Waals surface area contributed by atoms with Crippen LogP contribution in [0.4, 0.5) is 0 Å². The van der Waals surface area contributed by atoms with E-state index >= 15 is 0 Å². The van der Waals surface area contributed by atoms with Gasteiger partial charge in [-0.1, -0.05) is 91.9 Å². The Morgan fingerprint density at radius 3 is 2.04 bits per heavy atom. The van der Waals surface area contributed by atoms with Gasteiger partial charge in [0.2, 0.25) is 0 Å². The molecule has 3 aromatic rings. The van der Waals surface area contributed by atoms with E-state index in [0.717, 1.165) is 24.2 Å². The molecule has 1 aliphatic heterocycles. The third kappa shape index (κ3) is 3.09. The van der Waals surface area contributed by atoms with Crippen molar-refractivity contribution in [2.45, 2.75) is 13.0 Å². The molecule has 130 valence electrons. The SMILES string of the molecule is CCN1C[C@H](C(=O)c2ccc(-c3ccccc3)cc2)[C@@H]1c1ccccc1. The van der Waals surface area contributed by atoms with Crippen molar-refractivity contribution >= 4 is 5.78 Å². The monoisotopic (exact) mass is 341 g/mol. The average molecular weight is 341 g/mol. The molecule has 2 atom stereocenters. The van der Waals surface area contributed by atoms with Crippen LogP contribution in [0.15, 0.2) is 84.9 Å². The molecule has 2 nitrogen and oxygen atoms in total. The van der Waals surface area contributed by atoms with Crippen molar-refractivity contribution in [2.75, 3.05) is 13.1 Å². The number of likely N-dealkylation sites (tertiary alicyclic amines) is 1. The fourth-order valence-electron chi connectivity index (χ4n) is 3.90. The van der Waals surface area contributed by atoms with Crippen LogP contribution < -0.4 is 0 Å². The minimum absolute atomic E-state index is 0.0416. The molecule has 1 aliphatic rings. The van der Waals surface area contributed by atoms with Gasteiger partial charge in [-0.2, -0.15) is 0 Å².